The van der Waals surface area contributed by atoms with Crippen LogP contribution in [0.3, 0.4) is 0 Å². The van der Waals surface area contributed by atoms with Crippen molar-refractivity contribution < 1.29 is 9.53 Å². The summed E-state index contributed by atoms with van der Waals surface area (Å²) in [5, 5.41) is 3.09. The van der Waals surface area contributed by atoms with Gasteiger partial charge in [-0.05, 0) is 18.6 Å². The molecule has 0 bridgehead atoms. The first-order valence-corrected chi connectivity index (χ1v) is 7.12. The minimum Gasteiger partial charge on any atom is -0.381 e. The van der Waals surface area contributed by atoms with Crippen molar-refractivity contribution in [3.63, 3.8) is 0 Å². The molecular weight excluding hydrogens is 264 g/mol. The molecule has 1 saturated carbocycles. The second-order valence-corrected chi connectivity index (χ2v) is 5.86. The Bertz CT molecular complexity index is 584. The lowest BCUT2D eigenvalue weighted by Gasteiger charge is -2.51. The zero-order valence-electron chi connectivity index (χ0n) is 12.8. The van der Waals surface area contributed by atoms with E-state index in [0.29, 0.717) is 11.1 Å². The van der Waals surface area contributed by atoms with E-state index in [1.54, 1.807) is 13.2 Å². The van der Waals surface area contributed by atoms with Crippen LogP contribution >= 0.6 is 0 Å². The molecule has 21 heavy (non-hydrogen) atoms. The lowest BCUT2D eigenvalue weighted by atomic mass is 9.64. The highest BCUT2D eigenvalue weighted by Gasteiger charge is 2.49. The molecule has 0 saturated heterocycles. The molecule has 0 aromatic heterocycles. The molecule has 1 fully saturated rings. The zero-order chi connectivity index (χ0) is 15.5. The molecule has 2 unspecified atom stereocenters. The van der Waals surface area contributed by atoms with Crippen molar-refractivity contribution >= 4 is 5.91 Å². The number of ether oxygens (including phenoxy) is 1. The van der Waals surface area contributed by atoms with Crippen LogP contribution in [0.2, 0.25) is 0 Å². The molecule has 1 amide bonds. The summed E-state index contributed by atoms with van der Waals surface area (Å²) in [5.74, 6) is 5.64. The van der Waals surface area contributed by atoms with Gasteiger partial charge >= 0.3 is 0 Å². The number of nitrogens with one attached hydrogen (secondary N) is 1. The molecule has 4 nitrogen and oxygen atoms in total. The van der Waals surface area contributed by atoms with Crippen LogP contribution in [0.25, 0.3) is 0 Å². The van der Waals surface area contributed by atoms with Crippen molar-refractivity contribution in [1.29, 1.82) is 0 Å². The third-order valence-corrected chi connectivity index (χ3v) is 4.26. The highest BCUT2D eigenvalue weighted by atomic mass is 16.5. The Morgan fingerprint density at radius 3 is 2.81 bits per heavy atom. The maximum atomic E-state index is 12.5. The van der Waals surface area contributed by atoms with Crippen molar-refractivity contribution in [2.75, 3.05) is 13.7 Å². The second kappa shape index (κ2) is 6.30. The Kier molecular flexibility index (Phi) is 4.66. The van der Waals surface area contributed by atoms with Crippen LogP contribution in [0.1, 0.15) is 36.2 Å². The number of rotatable bonds is 3. The molecule has 1 aromatic rings. The molecule has 0 radical (unpaired) electrons. The fourth-order valence-corrected chi connectivity index (χ4v) is 2.70. The summed E-state index contributed by atoms with van der Waals surface area (Å²) >= 11 is 0. The number of carbonyl (C=O) groups excluding carboxylic acids is 1. The highest BCUT2D eigenvalue weighted by Crippen LogP contribution is 2.42. The molecule has 4 heteroatoms. The third kappa shape index (κ3) is 3.10. The maximum Gasteiger partial charge on any atom is 0.252 e. The van der Waals surface area contributed by atoms with Gasteiger partial charge in [0.1, 0.15) is 0 Å². The van der Waals surface area contributed by atoms with Gasteiger partial charge in [0, 0.05) is 24.1 Å². The lowest BCUT2D eigenvalue weighted by Crippen LogP contribution is -2.61. The van der Waals surface area contributed by atoms with E-state index in [1.165, 1.54) is 0 Å². The minimum atomic E-state index is -0.0930. The fourth-order valence-electron chi connectivity index (χ4n) is 2.70. The number of hydrogen-bond acceptors (Lipinski definition) is 3. The predicted molar refractivity (Wildman–Crippen MR) is 82.8 cm³/mol. The average molecular weight is 286 g/mol. The van der Waals surface area contributed by atoms with E-state index in [1.807, 2.05) is 18.2 Å². The van der Waals surface area contributed by atoms with Crippen molar-refractivity contribution in [3.05, 3.63) is 35.4 Å². The molecule has 0 aliphatic heterocycles. The molecule has 0 heterocycles. The van der Waals surface area contributed by atoms with Crippen LogP contribution in [0, 0.1) is 17.3 Å². The molecule has 1 aliphatic rings. The fraction of sp³-hybridized carbons (Fsp3) is 0.471. The average Bonchev–Trinajstić information content (AvgIpc) is 2.48. The maximum absolute atomic E-state index is 12.5. The van der Waals surface area contributed by atoms with Gasteiger partial charge in [-0.25, -0.2) is 0 Å². The van der Waals surface area contributed by atoms with E-state index >= 15 is 0 Å². The van der Waals surface area contributed by atoms with Gasteiger partial charge < -0.3 is 15.8 Å². The topological polar surface area (TPSA) is 64.3 Å². The first-order valence-electron chi connectivity index (χ1n) is 7.12. The number of hydrogen-bond donors (Lipinski definition) is 2. The quantitative estimate of drug-likeness (QED) is 0.828. The van der Waals surface area contributed by atoms with E-state index in [9.17, 15) is 4.79 Å². The number of benzene rings is 1. The summed E-state index contributed by atoms with van der Waals surface area (Å²) in [7, 11) is 1.71. The van der Waals surface area contributed by atoms with Crippen LogP contribution in [0.5, 0.6) is 0 Å². The molecule has 1 aliphatic carbocycles. The Morgan fingerprint density at radius 1 is 1.48 bits per heavy atom. The van der Waals surface area contributed by atoms with Crippen LogP contribution in [-0.2, 0) is 4.74 Å². The van der Waals surface area contributed by atoms with Crippen LogP contribution in [-0.4, -0.2) is 31.7 Å². The van der Waals surface area contributed by atoms with Gasteiger partial charge in [-0.2, -0.15) is 0 Å². The second-order valence-electron chi connectivity index (χ2n) is 5.86. The first kappa shape index (κ1) is 15.6. The smallest absolute Gasteiger partial charge is 0.252 e. The molecule has 3 N–H and O–H groups in total. The molecule has 2 atom stereocenters. The van der Waals surface area contributed by atoms with E-state index in [4.69, 9.17) is 10.5 Å². The molecule has 2 rings (SSSR count). The summed E-state index contributed by atoms with van der Waals surface area (Å²) in [5.41, 5.74) is 6.64. The van der Waals surface area contributed by atoms with Gasteiger partial charge in [-0.1, -0.05) is 37.8 Å². The van der Waals surface area contributed by atoms with Gasteiger partial charge in [-0.15, -0.1) is 0 Å². The normalized spacial score (nSPS) is 22.7. The monoisotopic (exact) mass is 286 g/mol. The van der Waals surface area contributed by atoms with Crippen molar-refractivity contribution in [2.24, 2.45) is 11.1 Å². The summed E-state index contributed by atoms with van der Waals surface area (Å²) in [6, 6.07) is 7.44. The van der Waals surface area contributed by atoms with Crippen molar-refractivity contribution in [2.45, 2.75) is 32.4 Å². The number of methoxy groups -OCH3 is 1. The van der Waals surface area contributed by atoms with E-state index in [0.717, 1.165) is 6.42 Å². The largest absolute Gasteiger partial charge is 0.381 e. The third-order valence-electron chi connectivity index (χ3n) is 4.26. The molecular formula is C17H22N2O2. The molecule has 112 valence electrons. The van der Waals surface area contributed by atoms with Crippen molar-refractivity contribution in [3.8, 4) is 11.8 Å². The van der Waals surface area contributed by atoms with Crippen LogP contribution in [0.4, 0.5) is 0 Å². The zero-order valence-corrected chi connectivity index (χ0v) is 12.8. The Labute approximate surface area is 126 Å². The Morgan fingerprint density at radius 2 is 2.19 bits per heavy atom. The van der Waals surface area contributed by atoms with Crippen molar-refractivity contribution in [1.82, 2.24) is 5.32 Å². The Balaban J connectivity index is 2.12. The number of carbonyl (C=O) groups is 1. The SMILES string of the molecule is COC1CC(NC(=O)c2ccccc2C#CCN)C1(C)C. The van der Waals surface area contributed by atoms with Crippen LogP contribution < -0.4 is 11.1 Å². The van der Waals surface area contributed by atoms with Gasteiger partial charge in [0.2, 0.25) is 0 Å². The summed E-state index contributed by atoms with van der Waals surface area (Å²) in [6.07, 6.45) is 1.03. The highest BCUT2D eigenvalue weighted by molar-refractivity contribution is 5.97. The Hall–Kier alpha value is -1.83. The summed E-state index contributed by atoms with van der Waals surface area (Å²) < 4.78 is 5.41. The van der Waals surface area contributed by atoms with Gasteiger partial charge in [-0.3, -0.25) is 4.79 Å². The van der Waals surface area contributed by atoms with Gasteiger partial charge in [0.05, 0.1) is 18.2 Å². The van der Waals surface area contributed by atoms with Gasteiger partial charge in [0.25, 0.3) is 5.91 Å². The van der Waals surface area contributed by atoms with E-state index < -0.39 is 0 Å². The van der Waals surface area contributed by atoms with Crippen LogP contribution in [0.15, 0.2) is 24.3 Å². The predicted octanol–water partition coefficient (Wildman–Crippen LogP) is 1.54. The van der Waals surface area contributed by atoms with Gasteiger partial charge in [0.15, 0.2) is 0 Å². The summed E-state index contributed by atoms with van der Waals surface area (Å²) in [6.45, 7) is 4.49. The number of nitrogens with two attached hydrogens (primary N) is 1. The standard InChI is InChI=1S/C17H22N2O2/c1-17(2)14(11-15(17)21-3)19-16(20)13-9-5-4-7-12(13)8-6-10-18/h4-5,7,9,14-15H,10-11,18H2,1-3H3,(H,19,20). The first-order chi connectivity index (χ1) is 10.0. The molecule has 0 spiro atoms. The molecule has 1 aromatic carbocycles. The summed E-state index contributed by atoms with van der Waals surface area (Å²) in [4.78, 5) is 12.5. The van der Waals surface area contributed by atoms with E-state index in [-0.39, 0.29) is 30.0 Å². The minimum absolute atomic E-state index is 0.0533. The number of amides is 1. The lowest BCUT2D eigenvalue weighted by molar-refractivity contribution is -0.0942. The van der Waals surface area contributed by atoms with E-state index in [2.05, 4.69) is 31.0 Å².